The maximum Gasteiger partial charge on any atom is 0.338 e. The Labute approximate surface area is 178 Å². The molecule has 152 valence electrons. The van der Waals surface area contributed by atoms with Gasteiger partial charge in [0.25, 0.3) is 5.56 Å². The van der Waals surface area contributed by atoms with E-state index in [1.165, 1.54) is 18.4 Å². The summed E-state index contributed by atoms with van der Waals surface area (Å²) in [5.41, 5.74) is 4.79. The lowest BCUT2D eigenvalue weighted by Gasteiger charge is -2.24. The molecule has 0 radical (unpaired) electrons. The molecule has 6 heteroatoms. The number of carbonyl (C=O) groups excluding carboxylic acids is 1. The Balaban J connectivity index is 1.98. The molecule has 1 aliphatic rings. The molecular formula is C24H22N2O3S. The minimum absolute atomic E-state index is 0.167. The summed E-state index contributed by atoms with van der Waals surface area (Å²) < 4.78 is 7.22. The third kappa shape index (κ3) is 3.55. The van der Waals surface area contributed by atoms with Crippen LogP contribution >= 0.6 is 11.3 Å². The van der Waals surface area contributed by atoms with Crippen molar-refractivity contribution in [2.45, 2.75) is 26.8 Å². The Morgan fingerprint density at radius 2 is 1.83 bits per heavy atom. The number of hydrogen-bond donors (Lipinski definition) is 0. The number of hydrogen-bond acceptors (Lipinski definition) is 5. The van der Waals surface area contributed by atoms with E-state index in [1.54, 1.807) is 11.5 Å². The molecule has 30 heavy (non-hydrogen) atoms. The van der Waals surface area contributed by atoms with Gasteiger partial charge in [-0.05, 0) is 38.0 Å². The molecule has 5 nitrogen and oxygen atoms in total. The van der Waals surface area contributed by atoms with E-state index in [4.69, 9.17) is 4.74 Å². The van der Waals surface area contributed by atoms with Crippen LogP contribution in [0.5, 0.6) is 0 Å². The molecule has 2 aromatic carbocycles. The van der Waals surface area contributed by atoms with Gasteiger partial charge in [-0.2, -0.15) is 0 Å². The molecule has 0 saturated carbocycles. The molecule has 0 bridgehead atoms. The van der Waals surface area contributed by atoms with E-state index in [0.29, 0.717) is 20.6 Å². The second kappa shape index (κ2) is 7.88. The molecule has 0 amide bonds. The van der Waals surface area contributed by atoms with Crippen LogP contribution in [-0.2, 0) is 9.53 Å². The second-order valence-electron chi connectivity index (χ2n) is 7.40. The van der Waals surface area contributed by atoms with Crippen LogP contribution in [0.2, 0.25) is 0 Å². The molecule has 1 atom stereocenters. The lowest BCUT2D eigenvalue weighted by molar-refractivity contribution is -0.136. The van der Waals surface area contributed by atoms with Gasteiger partial charge >= 0.3 is 5.97 Å². The number of nitrogens with zero attached hydrogens (tertiary/aromatic N) is 2. The van der Waals surface area contributed by atoms with E-state index in [2.05, 4.69) is 4.99 Å². The first-order valence-corrected chi connectivity index (χ1v) is 10.4. The van der Waals surface area contributed by atoms with Crippen molar-refractivity contribution in [3.05, 3.63) is 102 Å². The zero-order valence-corrected chi connectivity index (χ0v) is 18.1. The highest BCUT2D eigenvalue weighted by Gasteiger charge is 2.33. The summed E-state index contributed by atoms with van der Waals surface area (Å²) in [6.07, 6.45) is 1.87. The molecule has 0 saturated heterocycles. The molecule has 2 heterocycles. The van der Waals surface area contributed by atoms with E-state index in [-0.39, 0.29) is 5.56 Å². The van der Waals surface area contributed by atoms with Crippen LogP contribution in [-0.4, -0.2) is 17.6 Å². The number of thiazole rings is 1. The predicted octanol–water partition coefficient (Wildman–Crippen LogP) is 3.03. The zero-order valence-electron chi connectivity index (χ0n) is 17.3. The van der Waals surface area contributed by atoms with Crippen molar-refractivity contribution in [3.63, 3.8) is 0 Å². The molecule has 3 aromatic rings. The number of rotatable bonds is 3. The topological polar surface area (TPSA) is 60.7 Å². The highest BCUT2D eigenvalue weighted by atomic mass is 32.1. The van der Waals surface area contributed by atoms with E-state index < -0.39 is 12.0 Å². The molecule has 1 aromatic heterocycles. The van der Waals surface area contributed by atoms with Crippen molar-refractivity contribution in [1.29, 1.82) is 0 Å². The van der Waals surface area contributed by atoms with Crippen molar-refractivity contribution in [3.8, 4) is 0 Å². The number of carbonyl (C=O) groups is 1. The largest absolute Gasteiger partial charge is 0.466 e. The van der Waals surface area contributed by atoms with Crippen LogP contribution in [0.4, 0.5) is 0 Å². The summed E-state index contributed by atoms with van der Waals surface area (Å²) >= 11 is 1.33. The minimum Gasteiger partial charge on any atom is -0.466 e. The quantitative estimate of drug-likeness (QED) is 0.615. The molecule has 1 unspecified atom stereocenters. The number of aryl methyl sites for hydroxylation is 2. The van der Waals surface area contributed by atoms with Gasteiger partial charge in [-0.25, -0.2) is 9.79 Å². The van der Waals surface area contributed by atoms with E-state index in [0.717, 1.165) is 22.3 Å². The fourth-order valence-corrected chi connectivity index (χ4v) is 4.71. The number of allylic oxidation sites excluding steroid dienone is 1. The van der Waals surface area contributed by atoms with Crippen LogP contribution < -0.4 is 14.9 Å². The zero-order chi connectivity index (χ0) is 21.4. The Morgan fingerprint density at radius 1 is 1.10 bits per heavy atom. The van der Waals surface area contributed by atoms with Gasteiger partial charge in [-0.15, -0.1) is 0 Å². The summed E-state index contributed by atoms with van der Waals surface area (Å²) in [5, 5.41) is 0. The highest BCUT2D eigenvalue weighted by molar-refractivity contribution is 7.07. The lowest BCUT2D eigenvalue weighted by atomic mass is 9.95. The Bertz CT molecular complexity index is 1340. The molecule has 0 spiro atoms. The summed E-state index contributed by atoms with van der Waals surface area (Å²) in [4.78, 5) is 31.2. The minimum atomic E-state index is -0.575. The average Bonchev–Trinajstić information content (AvgIpc) is 3.03. The predicted molar refractivity (Wildman–Crippen MR) is 118 cm³/mol. The van der Waals surface area contributed by atoms with Gasteiger partial charge in [0.05, 0.1) is 29.0 Å². The first kappa shape index (κ1) is 20.0. The van der Waals surface area contributed by atoms with Crippen LogP contribution in [0.25, 0.3) is 6.08 Å². The number of fused-ring (bicyclic) bond motifs is 1. The fourth-order valence-electron chi connectivity index (χ4n) is 3.66. The molecule has 4 rings (SSSR count). The van der Waals surface area contributed by atoms with Gasteiger partial charge in [0.2, 0.25) is 0 Å². The number of ether oxygens (including phenoxy) is 1. The second-order valence-corrected chi connectivity index (χ2v) is 8.41. The standard InChI is InChI=1S/C24H22N2O3S/c1-14-8-10-17(11-9-14)13-19-22(27)26-21(18-7-5-6-15(2)12-18)20(23(28)29-4)16(3)25-24(26)30-19/h5-13,21H,1-4H3/b19-13+. The van der Waals surface area contributed by atoms with Crippen molar-refractivity contribution in [1.82, 2.24) is 4.57 Å². The van der Waals surface area contributed by atoms with Gasteiger partial charge in [0.1, 0.15) is 0 Å². The Morgan fingerprint density at radius 3 is 2.50 bits per heavy atom. The van der Waals surface area contributed by atoms with E-state index in [9.17, 15) is 9.59 Å². The van der Waals surface area contributed by atoms with E-state index in [1.807, 2.05) is 68.5 Å². The van der Waals surface area contributed by atoms with Gasteiger partial charge in [0.15, 0.2) is 4.80 Å². The summed E-state index contributed by atoms with van der Waals surface area (Å²) in [6.45, 7) is 5.79. The van der Waals surface area contributed by atoms with Gasteiger partial charge in [-0.1, -0.05) is 71.0 Å². The van der Waals surface area contributed by atoms with Crippen molar-refractivity contribution in [2.24, 2.45) is 4.99 Å². The van der Waals surface area contributed by atoms with Gasteiger partial charge < -0.3 is 4.74 Å². The Kier molecular flexibility index (Phi) is 5.26. The smallest absolute Gasteiger partial charge is 0.338 e. The summed E-state index contributed by atoms with van der Waals surface area (Å²) in [5.74, 6) is -0.476. The number of aromatic nitrogens is 1. The maximum absolute atomic E-state index is 13.4. The van der Waals surface area contributed by atoms with Gasteiger partial charge in [0, 0.05) is 0 Å². The molecular weight excluding hydrogens is 396 g/mol. The fraction of sp³-hybridized carbons (Fsp3) is 0.208. The number of esters is 1. The van der Waals surface area contributed by atoms with Crippen LogP contribution in [0, 0.1) is 13.8 Å². The van der Waals surface area contributed by atoms with Crippen LogP contribution in [0.1, 0.15) is 35.2 Å². The van der Waals surface area contributed by atoms with E-state index >= 15 is 0 Å². The van der Waals surface area contributed by atoms with Crippen molar-refractivity contribution < 1.29 is 9.53 Å². The Hall–Kier alpha value is -3.25. The third-order valence-corrected chi connectivity index (χ3v) is 6.14. The molecule has 0 fully saturated rings. The van der Waals surface area contributed by atoms with Crippen LogP contribution in [0.3, 0.4) is 0 Å². The normalized spacial score (nSPS) is 16.3. The molecule has 0 aliphatic carbocycles. The molecule has 0 N–H and O–H groups in total. The van der Waals surface area contributed by atoms with Crippen molar-refractivity contribution in [2.75, 3.05) is 7.11 Å². The first-order chi connectivity index (χ1) is 14.4. The number of benzene rings is 2. The van der Waals surface area contributed by atoms with Gasteiger partial charge in [-0.3, -0.25) is 9.36 Å². The van der Waals surface area contributed by atoms with Crippen LogP contribution in [0.15, 0.2) is 69.6 Å². The maximum atomic E-state index is 13.4. The third-order valence-electron chi connectivity index (χ3n) is 5.16. The average molecular weight is 419 g/mol. The first-order valence-electron chi connectivity index (χ1n) is 9.63. The summed E-state index contributed by atoms with van der Waals surface area (Å²) in [7, 11) is 1.35. The number of methoxy groups -OCH3 is 1. The summed E-state index contributed by atoms with van der Waals surface area (Å²) in [6, 6.07) is 15.2. The lowest BCUT2D eigenvalue weighted by Crippen LogP contribution is -2.39. The molecule has 1 aliphatic heterocycles. The SMILES string of the molecule is COC(=O)C1=C(C)N=c2s/c(=C/c3ccc(C)cc3)c(=O)n2C1c1cccc(C)c1. The van der Waals surface area contributed by atoms with Crippen molar-refractivity contribution >= 4 is 23.4 Å². The highest BCUT2D eigenvalue weighted by Crippen LogP contribution is 2.30. The monoisotopic (exact) mass is 418 g/mol.